The summed E-state index contributed by atoms with van der Waals surface area (Å²) in [5.41, 5.74) is 0. The Morgan fingerprint density at radius 2 is 1.95 bits per heavy atom. The van der Waals surface area contributed by atoms with Gasteiger partial charge in [-0.1, -0.05) is 36.9 Å². The van der Waals surface area contributed by atoms with Crippen molar-refractivity contribution in [2.24, 2.45) is 4.36 Å². The second-order valence-electron chi connectivity index (χ2n) is 3.72. The van der Waals surface area contributed by atoms with E-state index >= 15 is 0 Å². The maximum Gasteiger partial charge on any atom is 0.277 e. The first-order valence-electron chi connectivity index (χ1n) is 5.83. The van der Waals surface area contributed by atoms with Crippen molar-refractivity contribution in [3.8, 4) is 0 Å². The van der Waals surface area contributed by atoms with Crippen LogP contribution in [0.1, 0.15) is 13.3 Å². The molecule has 0 spiro atoms. The molecule has 1 aromatic rings. The van der Waals surface area contributed by atoms with Crippen LogP contribution in [0.3, 0.4) is 0 Å². The quantitative estimate of drug-likeness (QED) is 0.607. The van der Waals surface area contributed by atoms with E-state index in [1.54, 1.807) is 43.3 Å². The highest BCUT2D eigenvalue weighted by Gasteiger charge is 2.18. The highest BCUT2D eigenvalue weighted by Crippen LogP contribution is 2.25. The first kappa shape index (κ1) is 15.1. The van der Waals surface area contributed by atoms with E-state index in [2.05, 4.69) is 17.5 Å². The smallest absolute Gasteiger partial charge is 0.267 e. The minimum atomic E-state index is -2.94. The summed E-state index contributed by atoms with van der Waals surface area (Å²) in [6.45, 7) is 8.78. The van der Waals surface area contributed by atoms with Crippen molar-refractivity contribution in [2.75, 3.05) is 0 Å². The average Bonchev–Trinajstić information content (AvgIpc) is 2.45. The number of hydrogen-bond acceptors (Lipinski definition) is 2. The van der Waals surface area contributed by atoms with E-state index < -0.39 is 15.6 Å². The van der Waals surface area contributed by atoms with Crippen LogP contribution in [0.4, 0.5) is 0 Å². The number of carbonyl (C=O) groups excluding carboxylic acids is 1. The Balaban J connectivity index is 3.56. The van der Waals surface area contributed by atoms with Crippen molar-refractivity contribution in [1.82, 2.24) is 0 Å². The summed E-state index contributed by atoms with van der Waals surface area (Å²) in [4.78, 5) is 12.6. The van der Waals surface area contributed by atoms with Gasteiger partial charge in [0.1, 0.15) is 9.73 Å². The van der Waals surface area contributed by atoms with Crippen LogP contribution in [0, 0.1) is 0 Å². The van der Waals surface area contributed by atoms with Crippen molar-refractivity contribution < 1.29 is 9.00 Å². The summed E-state index contributed by atoms with van der Waals surface area (Å²) in [5, 5.41) is 0. The van der Waals surface area contributed by atoms with Gasteiger partial charge in [-0.2, -0.15) is 0 Å². The Kier molecular flexibility index (Phi) is 5.45. The lowest BCUT2D eigenvalue weighted by atomic mass is 10.4. The van der Waals surface area contributed by atoms with E-state index in [9.17, 15) is 9.00 Å². The zero-order valence-corrected chi connectivity index (χ0v) is 11.7. The molecule has 0 aromatic heterocycles. The lowest BCUT2D eigenvalue weighted by Crippen LogP contribution is -2.07. The molecule has 0 radical (unpaired) electrons. The minimum Gasteiger partial charge on any atom is -0.267 e. The summed E-state index contributed by atoms with van der Waals surface area (Å²) in [6, 6.07) is 8.76. The first-order chi connectivity index (χ1) is 9.08. The SMILES string of the molecule is C=CC/C(=C\C)S(=O)(=NC(=O)C=C)c1ccccc1. The van der Waals surface area contributed by atoms with Crippen LogP contribution >= 0.6 is 0 Å². The Hall–Kier alpha value is -1.94. The number of carbonyl (C=O) groups is 1. The van der Waals surface area contributed by atoms with Crippen LogP contribution in [0.2, 0.25) is 0 Å². The van der Waals surface area contributed by atoms with E-state index in [1.165, 1.54) is 0 Å². The molecule has 3 nitrogen and oxygen atoms in total. The Bertz CT molecular complexity index is 621. The molecule has 1 atom stereocenters. The molecular weight excluding hydrogens is 258 g/mol. The predicted octanol–water partition coefficient (Wildman–Crippen LogP) is 3.71. The highest BCUT2D eigenvalue weighted by atomic mass is 32.2. The van der Waals surface area contributed by atoms with Crippen LogP contribution in [-0.4, -0.2) is 10.1 Å². The van der Waals surface area contributed by atoms with E-state index in [0.717, 1.165) is 6.08 Å². The van der Waals surface area contributed by atoms with E-state index in [4.69, 9.17) is 0 Å². The second kappa shape index (κ2) is 6.85. The molecule has 0 aliphatic carbocycles. The van der Waals surface area contributed by atoms with Gasteiger partial charge in [0.2, 0.25) is 0 Å². The van der Waals surface area contributed by atoms with Gasteiger partial charge in [-0.3, -0.25) is 4.79 Å². The van der Waals surface area contributed by atoms with Crippen LogP contribution in [0.25, 0.3) is 0 Å². The largest absolute Gasteiger partial charge is 0.277 e. The minimum absolute atomic E-state index is 0.415. The summed E-state index contributed by atoms with van der Waals surface area (Å²) < 4.78 is 17.0. The molecule has 1 unspecified atom stereocenters. The molecule has 1 aromatic carbocycles. The molecule has 0 aliphatic rings. The van der Waals surface area contributed by atoms with Crippen molar-refractivity contribution in [3.05, 3.63) is 66.6 Å². The molecular formula is C15H17NO2S. The van der Waals surface area contributed by atoms with Crippen LogP contribution < -0.4 is 0 Å². The van der Waals surface area contributed by atoms with Crippen molar-refractivity contribution >= 4 is 15.6 Å². The first-order valence-corrected chi connectivity index (χ1v) is 7.34. The number of amides is 1. The number of benzene rings is 1. The van der Waals surface area contributed by atoms with Gasteiger partial charge in [-0.15, -0.1) is 10.9 Å². The topological polar surface area (TPSA) is 46.5 Å². The normalized spacial score (nSPS) is 14.3. The highest BCUT2D eigenvalue weighted by molar-refractivity contribution is 7.97. The van der Waals surface area contributed by atoms with Crippen molar-refractivity contribution in [1.29, 1.82) is 0 Å². The van der Waals surface area contributed by atoms with Crippen LogP contribution in [0.15, 0.2) is 75.9 Å². The molecule has 0 fully saturated rings. The van der Waals surface area contributed by atoms with Crippen LogP contribution in [0.5, 0.6) is 0 Å². The third-order valence-corrected chi connectivity index (χ3v) is 4.94. The molecule has 0 bridgehead atoms. The molecule has 0 saturated heterocycles. The molecule has 1 rings (SSSR count). The molecule has 0 aliphatic heterocycles. The maximum absolute atomic E-state index is 13.1. The fraction of sp³-hybridized carbons (Fsp3) is 0.133. The third-order valence-electron chi connectivity index (χ3n) is 2.48. The summed E-state index contributed by atoms with van der Waals surface area (Å²) in [7, 11) is -2.94. The Labute approximate surface area is 114 Å². The van der Waals surface area contributed by atoms with Gasteiger partial charge in [-0.05, 0) is 31.6 Å². The Morgan fingerprint density at radius 1 is 1.32 bits per heavy atom. The molecule has 0 saturated carbocycles. The van der Waals surface area contributed by atoms with Gasteiger partial charge in [0.25, 0.3) is 5.91 Å². The summed E-state index contributed by atoms with van der Waals surface area (Å²) in [6.07, 6.45) is 4.84. The number of hydrogen-bond donors (Lipinski definition) is 0. The second-order valence-corrected chi connectivity index (χ2v) is 5.95. The summed E-state index contributed by atoms with van der Waals surface area (Å²) in [5.74, 6) is -0.586. The number of allylic oxidation sites excluding steroid dienone is 3. The van der Waals surface area contributed by atoms with E-state index in [1.807, 2.05) is 6.07 Å². The van der Waals surface area contributed by atoms with E-state index in [-0.39, 0.29) is 0 Å². The molecule has 0 N–H and O–H groups in total. The van der Waals surface area contributed by atoms with Crippen molar-refractivity contribution in [3.63, 3.8) is 0 Å². The van der Waals surface area contributed by atoms with Gasteiger partial charge < -0.3 is 0 Å². The Morgan fingerprint density at radius 3 is 2.42 bits per heavy atom. The lowest BCUT2D eigenvalue weighted by molar-refractivity contribution is -0.113. The molecule has 100 valence electrons. The zero-order chi connectivity index (χ0) is 14.3. The maximum atomic E-state index is 13.1. The monoisotopic (exact) mass is 275 g/mol. The summed E-state index contributed by atoms with van der Waals surface area (Å²) >= 11 is 0. The van der Waals surface area contributed by atoms with Gasteiger partial charge in [0.05, 0.1) is 4.90 Å². The molecule has 4 heteroatoms. The van der Waals surface area contributed by atoms with Crippen molar-refractivity contribution in [2.45, 2.75) is 18.2 Å². The number of rotatable bonds is 5. The third kappa shape index (κ3) is 3.51. The average molecular weight is 275 g/mol. The van der Waals surface area contributed by atoms with Gasteiger partial charge >= 0.3 is 0 Å². The van der Waals surface area contributed by atoms with E-state index in [0.29, 0.717) is 16.2 Å². The van der Waals surface area contributed by atoms with Crippen LogP contribution in [-0.2, 0) is 14.5 Å². The van der Waals surface area contributed by atoms with Gasteiger partial charge in [0, 0.05) is 4.91 Å². The van der Waals surface area contributed by atoms with Gasteiger partial charge in [-0.25, -0.2) is 4.21 Å². The number of nitrogens with zero attached hydrogens (tertiary/aromatic N) is 1. The standard InChI is InChI=1S/C15H17NO2S/c1-4-10-13(5-2)19(18,16-15(17)6-3)14-11-8-7-9-12-14/h4-9,11-12H,1,3,10H2,2H3/b13-5+. The molecule has 1 amide bonds. The molecule has 19 heavy (non-hydrogen) atoms. The lowest BCUT2D eigenvalue weighted by Gasteiger charge is -2.12. The fourth-order valence-corrected chi connectivity index (χ4v) is 3.61. The predicted molar refractivity (Wildman–Crippen MR) is 79.1 cm³/mol. The zero-order valence-electron chi connectivity index (χ0n) is 10.9. The van der Waals surface area contributed by atoms with Gasteiger partial charge in [0.15, 0.2) is 0 Å². The fourth-order valence-electron chi connectivity index (χ4n) is 1.56. The molecule has 0 heterocycles.